The minimum Gasteiger partial charge on any atom is -0.544 e. The third-order valence-corrected chi connectivity index (χ3v) is 2.61. The molecule has 0 aliphatic carbocycles. The van der Waals surface area contributed by atoms with E-state index in [2.05, 4.69) is 0 Å². The quantitative estimate of drug-likeness (QED) is 0.239. The number of carbonyl (C=O) groups excluding carboxylic acids is 1. The summed E-state index contributed by atoms with van der Waals surface area (Å²) < 4.78 is 220. The maximum absolute atomic E-state index is 13.7. The molecule has 0 aromatic carbocycles. The molecule has 0 saturated carbocycles. The summed E-state index contributed by atoms with van der Waals surface area (Å²) in [4.78, 5) is 10.0. The Hall–Kier alpha value is -0.624. The largest absolute Gasteiger partial charge is 1.00 e. The van der Waals surface area contributed by atoms with Gasteiger partial charge in [-0.2, -0.15) is 74.6 Å². The van der Waals surface area contributed by atoms with Gasteiger partial charge in [-0.25, -0.2) is 0 Å². The molecule has 0 aliphatic heterocycles. The summed E-state index contributed by atoms with van der Waals surface area (Å²) in [6.07, 6.45) is -42.1. The van der Waals surface area contributed by atoms with Gasteiger partial charge in [-0.1, -0.05) is 0 Å². The van der Waals surface area contributed by atoms with Crippen molar-refractivity contribution in [2.24, 2.45) is 0 Å². The Morgan fingerprint density at radius 2 is 1.00 bits per heavy atom. The van der Waals surface area contributed by atoms with E-state index in [4.69, 9.17) is 0 Å². The molecule has 0 saturated heterocycles. The number of ether oxygens (including phenoxy) is 3. The first-order valence-corrected chi connectivity index (χ1v) is 6.35. The van der Waals surface area contributed by atoms with E-state index >= 15 is 0 Å². The number of carboxylic acids is 1. The molecule has 0 amide bonds. The summed E-state index contributed by atoms with van der Waals surface area (Å²) in [6.45, 7) is 0. The number of rotatable bonds is 9. The van der Waals surface area contributed by atoms with Gasteiger partial charge in [0, 0.05) is 0 Å². The van der Waals surface area contributed by atoms with Crippen LogP contribution in [0.1, 0.15) is 0 Å². The Balaban J connectivity index is 0. The van der Waals surface area contributed by atoms with E-state index < -0.39 is 60.5 Å². The minimum atomic E-state index is -8.01. The van der Waals surface area contributed by atoms with E-state index in [0.717, 1.165) is 0 Å². The third-order valence-electron chi connectivity index (χ3n) is 2.61. The van der Waals surface area contributed by atoms with Gasteiger partial charge in [0.05, 0.1) is 0 Å². The number of aliphatic carboxylic acids is 1. The van der Waals surface area contributed by atoms with E-state index in [1.54, 1.807) is 4.74 Å². The third kappa shape index (κ3) is 6.96. The van der Waals surface area contributed by atoms with Crippen molar-refractivity contribution in [2.45, 2.75) is 42.4 Å². The van der Waals surface area contributed by atoms with Gasteiger partial charge in [-0.15, -0.1) is 0 Å². The van der Waals surface area contributed by atoms with E-state index in [1.807, 2.05) is 0 Å². The molecule has 0 spiro atoms. The van der Waals surface area contributed by atoms with Gasteiger partial charge < -0.3 is 14.6 Å². The average Bonchev–Trinajstić information content (AvgIpc) is 2.50. The molecule has 0 aromatic rings. The molecule has 23 heteroatoms. The van der Waals surface area contributed by atoms with Crippen LogP contribution >= 0.6 is 0 Å². The summed E-state index contributed by atoms with van der Waals surface area (Å²) in [5.74, 6) is -19.6. The molecule has 33 heavy (non-hydrogen) atoms. The Labute approximate surface area is 209 Å². The Morgan fingerprint density at radius 1 is 0.606 bits per heavy atom. The first-order valence-electron chi connectivity index (χ1n) is 6.35. The molecule has 2 atom stereocenters. The van der Waals surface area contributed by atoms with Crippen molar-refractivity contribution < 1.29 is 150 Å². The van der Waals surface area contributed by atoms with Crippen molar-refractivity contribution in [2.75, 3.05) is 0 Å². The fourth-order valence-electron chi connectivity index (χ4n) is 1.19. The van der Waals surface area contributed by atoms with Gasteiger partial charge in [0.25, 0.3) is 0 Å². The van der Waals surface area contributed by atoms with E-state index in [9.17, 15) is 84.5 Å². The summed E-state index contributed by atoms with van der Waals surface area (Å²) in [5.41, 5.74) is 0. The zero-order valence-corrected chi connectivity index (χ0v) is 17.6. The van der Waals surface area contributed by atoms with Crippen LogP contribution in [0.25, 0.3) is 0 Å². The first-order chi connectivity index (χ1) is 13.7. The zero-order chi connectivity index (χ0) is 26.4. The van der Waals surface area contributed by atoms with E-state index in [0.29, 0.717) is 0 Å². The van der Waals surface area contributed by atoms with E-state index in [1.165, 1.54) is 9.47 Å². The Morgan fingerprint density at radius 3 is 1.27 bits per heavy atom. The summed E-state index contributed by atoms with van der Waals surface area (Å²) in [7, 11) is 0. The number of hydrogen-bond donors (Lipinski definition) is 0. The van der Waals surface area contributed by atoms with Crippen molar-refractivity contribution >= 4 is 5.97 Å². The van der Waals surface area contributed by atoms with Crippen molar-refractivity contribution in [1.82, 2.24) is 0 Å². The molecule has 0 fully saturated rings. The van der Waals surface area contributed by atoms with Crippen molar-refractivity contribution in [3.8, 4) is 0 Å². The minimum absolute atomic E-state index is 0. The van der Waals surface area contributed by atoms with Crippen LogP contribution in [0.2, 0.25) is 0 Å². The van der Waals surface area contributed by atoms with Crippen molar-refractivity contribution in [3.05, 3.63) is 12.1 Å². The normalized spacial score (nSPS) is 17.4. The van der Waals surface area contributed by atoms with Gasteiger partial charge in [-0.05, 0) is 0 Å². The molecule has 0 aliphatic rings. The predicted molar refractivity (Wildman–Crippen MR) is 53.2 cm³/mol. The molecular weight excluding hydrogens is 562 g/mol. The second kappa shape index (κ2) is 10.2. The molecule has 0 aromatic heterocycles. The predicted octanol–water partition coefficient (Wildman–Crippen LogP) is 1.06. The van der Waals surface area contributed by atoms with Crippen molar-refractivity contribution in [3.63, 3.8) is 0 Å². The standard InChI is InChI=1S/C10HF17O5.K/c11-1(12)2(13)30-9(24,25)10(26,27)32-5(15,7(19,20)21)8(22,23)31-4(14,3(28)29)6(16,17)18;/h(H,28,29);/q;+1/p-1. The van der Waals surface area contributed by atoms with Crippen LogP contribution in [-0.4, -0.2) is 48.4 Å². The summed E-state index contributed by atoms with van der Waals surface area (Å²) in [5, 5.41) is 10.0. The van der Waals surface area contributed by atoms with Crippen molar-refractivity contribution in [1.29, 1.82) is 0 Å². The van der Waals surface area contributed by atoms with Gasteiger partial charge in [0.2, 0.25) is 0 Å². The van der Waals surface area contributed by atoms with Gasteiger partial charge in [0.15, 0.2) is 0 Å². The summed E-state index contributed by atoms with van der Waals surface area (Å²) in [6, 6.07) is -4.01. The molecule has 0 bridgehead atoms. The van der Waals surface area contributed by atoms with Gasteiger partial charge in [-0.3, -0.25) is 9.47 Å². The molecule has 190 valence electrons. The fraction of sp³-hybridized carbons (Fsp3) is 0.700. The number of alkyl halides is 14. The Kier molecular flexibility index (Phi) is 10.6. The SMILES string of the molecule is O=C([O-])C(F)(OC(F)(F)C(F)(OC(F)(F)C(F)(F)OC(F)=C(F)F)C(F)(F)F)C(F)(F)F.[K+]. The molecule has 5 nitrogen and oxygen atoms in total. The van der Waals surface area contributed by atoms with Crippen LogP contribution in [0, 0.1) is 0 Å². The number of halogens is 17. The van der Waals surface area contributed by atoms with Crippen LogP contribution in [-0.2, 0) is 19.0 Å². The molecule has 0 rings (SSSR count). The second-order valence-electron chi connectivity index (χ2n) is 4.86. The first kappa shape index (κ1) is 34.5. The maximum Gasteiger partial charge on any atom is 1.00 e. The van der Waals surface area contributed by atoms with Crippen LogP contribution < -0.4 is 56.5 Å². The summed E-state index contributed by atoms with van der Waals surface area (Å²) >= 11 is 0. The second-order valence-corrected chi connectivity index (χ2v) is 4.86. The smallest absolute Gasteiger partial charge is 0.544 e. The van der Waals surface area contributed by atoms with Gasteiger partial charge in [0.1, 0.15) is 5.97 Å². The zero-order valence-electron chi connectivity index (χ0n) is 14.5. The molecular formula is C10F17KO5. The molecule has 0 heterocycles. The molecule has 2 unspecified atom stereocenters. The number of hydrogen-bond acceptors (Lipinski definition) is 5. The van der Waals surface area contributed by atoms with Crippen LogP contribution in [0.5, 0.6) is 0 Å². The fourth-order valence-corrected chi connectivity index (χ4v) is 1.19. The van der Waals surface area contributed by atoms with E-state index in [-0.39, 0.29) is 51.4 Å². The molecule has 0 radical (unpaired) electrons. The maximum atomic E-state index is 13.7. The van der Waals surface area contributed by atoms with Crippen LogP contribution in [0.15, 0.2) is 12.1 Å². The topological polar surface area (TPSA) is 67.8 Å². The number of carbonyl (C=O) groups is 1. The van der Waals surface area contributed by atoms with Crippen LogP contribution in [0.4, 0.5) is 74.6 Å². The number of carboxylic acid groups (broad SMARTS) is 1. The average molecular weight is 562 g/mol. The Bertz CT molecular complexity index is 743. The van der Waals surface area contributed by atoms with Gasteiger partial charge >= 0.3 is 106 Å². The molecule has 0 N–H and O–H groups in total. The van der Waals surface area contributed by atoms with Crippen LogP contribution in [0.3, 0.4) is 0 Å². The monoisotopic (exact) mass is 562 g/mol.